The second kappa shape index (κ2) is 1.43. The zero-order valence-corrected chi connectivity index (χ0v) is 4.47. The van der Waals surface area contributed by atoms with Crippen molar-refractivity contribution in [3.8, 4) is 0 Å². The van der Waals surface area contributed by atoms with Crippen molar-refractivity contribution in [2.75, 3.05) is 0 Å². The van der Waals surface area contributed by atoms with Crippen molar-refractivity contribution in [1.82, 2.24) is 5.48 Å². The smallest absolute Gasteiger partial charge is 0.249 e. The van der Waals surface area contributed by atoms with E-state index in [1.54, 1.807) is 0 Å². The molecule has 1 aliphatic rings. The first kappa shape index (κ1) is 5.53. The van der Waals surface area contributed by atoms with Crippen molar-refractivity contribution in [2.24, 2.45) is 0 Å². The van der Waals surface area contributed by atoms with Gasteiger partial charge in [-0.15, -0.1) is 0 Å². The molecule has 1 heterocycles. The number of nitrogens with one attached hydrogen (secondary N) is 1. The fourth-order valence-electron chi connectivity index (χ4n) is 0.537. The number of carbonyl (C=O) groups excluding carboxylic acids is 1. The standard InChI is InChI=1S/C4H7NO3/c1-4(7)2-3(6)5-8-4/h7H,2H2,1H3,(H,5,6). The zero-order valence-electron chi connectivity index (χ0n) is 4.47. The van der Waals surface area contributed by atoms with Gasteiger partial charge in [-0.2, -0.15) is 0 Å². The summed E-state index contributed by atoms with van der Waals surface area (Å²) in [5.74, 6) is -1.58. The van der Waals surface area contributed by atoms with Gasteiger partial charge in [-0.05, 0) is 6.92 Å². The van der Waals surface area contributed by atoms with Crippen molar-refractivity contribution < 1.29 is 14.7 Å². The van der Waals surface area contributed by atoms with Crippen LogP contribution in [0.2, 0.25) is 0 Å². The second-order valence-corrected chi connectivity index (χ2v) is 1.98. The first-order chi connectivity index (χ1) is 3.60. The Balaban J connectivity index is 2.56. The number of carbonyl (C=O) groups is 1. The molecule has 1 unspecified atom stereocenters. The highest BCUT2D eigenvalue weighted by atomic mass is 16.8. The molecule has 0 aliphatic carbocycles. The Kier molecular flexibility index (Phi) is 0.988. The monoisotopic (exact) mass is 117 g/mol. The minimum Gasteiger partial charge on any atom is -0.364 e. The van der Waals surface area contributed by atoms with E-state index >= 15 is 0 Å². The first-order valence-electron chi connectivity index (χ1n) is 2.29. The van der Waals surface area contributed by atoms with Crippen molar-refractivity contribution >= 4 is 5.91 Å². The lowest BCUT2D eigenvalue weighted by Gasteiger charge is -2.09. The molecule has 4 heteroatoms. The minimum absolute atomic E-state index is 0.0208. The molecule has 0 bridgehead atoms. The van der Waals surface area contributed by atoms with E-state index in [0.29, 0.717) is 0 Å². The van der Waals surface area contributed by atoms with Crippen LogP contribution < -0.4 is 5.48 Å². The molecule has 0 spiro atoms. The maximum atomic E-state index is 10.3. The summed E-state index contributed by atoms with van der Waals surface area (Å²) in [5, 5.41) is 8.86. The Bertz CT molecular complexity index is 120. The Labute approximate surface area is 46.4 Å². The van der Waals surface area contributed by atoms with Gasteiger partial charge in [0.15, 0.2) is 5.79 Å². The molecule has 0 aromatic rings. The summed E-state index contributed by atoms with van der Waals surface area (Å²) in [4.78, 5) is 14.7. The molecule has 1 fully saturated rings. The van der Waals surface area contributed by atoms with Crippen LogP contribution in [-0.2, 0) is 9.63 Å². The Morgan fingerprint density at radius 2 is 2.62 bits per heavy atom. The average Bonchev–Trinajstić information content (AvgIpc) is 1.82. The van der Waals surface area contributed by atoms with E-state index in [9.17, 15) is 4.79 Å². The third-order valence-electron chi connectivity index (χ3n) is 0.873. The molecule has 1 amide bonds. The summed E-state index contributed by atoms with van der Waals surface area (Å²) < 4.78 is 0. The third kappa shape index (κ3) is 0.962. The number of hydrogen-bond acceptors (Lipinski definition) is 3. The highest BCUT2D eigenvalue weighted by molar-refractivity contribution is 5.77. The molecule has 0 radical (unpaired) electrons. The van der Waals surface area contributed by atoms with Crippen molar-refractivity contribution in [3.63, 3.8) is 0 Å². The van der Waals surface area contributed by atoms with Crippen LogP contribution in [0.15, 0.2) is 0 Å². The molecule has 46 valence electrons. The molecule has 0 aromatic carbocycles. The van der Waals surface area contributed by atoms with Crippen molar-refractivity contribution in [2.45, 2.75) is 19.1 Å². The summed E-state index contributed by atoms with van der Waals surface area (Å²) >= 11 is 0. The van der Waals surface area contributed by atoms with E-state index in [4.69, 9.17) is 5.11 Å². The summed E-state index contributed by atoms with van der Waals surface area (Å²) in [5.41, 5.74) is 2.02. The lowest BCUT2D eigenvalue weighted by atomic mass is 10.2. The van der Waals surface area contributed by atoms with Gasteiger partial charge in [0.05, 0.1) is 6.42 Å². The number of aliphatic hydroxyl groups is 1. The number of rotatable bonds is 0. The highest BCUT2D eigenvalue weighted by Crippen LogP contribution is 2.14. The third-order valence-corrected chi connectivity index (χ3v) is 0.873. The maximum absolute atomic E-state index is 10.3. The highest BCUT2D eigenvalue weighted by Gasteiger charge is 2.32. The predicted molar refractivity (Wildman–Crippen MR) is 24.5 cm³/mol. The van der Waals surface area contributed by atoms with Crippen LogP contribution in [0, 0.1) is 0 Å². The maximum Gasteiger partial charge on any atom is 0.249 e. The van der Waals surface area contributed by atoms with Gasteiger partial charge < -0.3 is 5.11 Å². The topological polar surface area (TPSA) is 58.6 Å². The van der Waals surface area contributed by atoms with Crippen LogP contribution in [0.25, 0.3) is 0 Å². The second-order valence-electron chi connectivity index (χ2n) is 1.98. The zero-order chi connectivity index (χ0) is 6.20. The van der Waals surface area contributed by atoms with E-state index in [-0.39, 0.29) is 12.3 Å². The Hall–Kier alpha value is -0.610. The molecule has 8 heavy (non-hydrogen) atoms. The molecule has 1 rings (SSSR count). The minimum atomic E-state index is -1.29. The van der Waals surface area contributed by atoms with E-state index < -0.39 is 5.79 Å². The van der Waals surface area contributed by atoms with Gasteiger partial charge in [0.25, 0.3) is 0 Å². The van der Waals surface area contributed by atoms with Crippen LogP contribution in [0.3, 0.4) is 0 Å². The van der Waals surface area contributed by atoms with E-state index in [2.05, 4.69) is 4.84 Å². The summed E-state index contributed by atoms with van der Waals surface area (Å²) in [7, 11) is 0. The Morgan fingerprint density at radius 1 is 2.00 bits per heavy atom. The summed E-state index contributed by atoms with van der Waals surface area (Å²) in [6, 6.07) is 0. The van der Waals surface area contributed by atoms with Gasteiger partial charge in [0.2, 0.25) is 5.91 Å². The van der Waals surface area contributed by atoms with E-state index in [1.807, 2.05) is 5.48 Å². The molecule has 2 N–H and O–H groups in total. The lowest BCUT2D eigenvalue weighted by molar-refractivity contribution is -0.187. The van der Waals surface area contributed by atoms with Crippen molar-refractivity contribution in [1.29, 1.82) is 0 Å². The largest absolute Gasteiger partial charge is 0.364 e. The van der Waals surface area contributed by atoms with Crippen LogP contribution in [0.5, 0.6) is 0 Å². The van der Waals surface area contributed by atoms with Gasteiger partial charge in [-0.1, -0.05) is 0 Å². The average molecular weight is 117 g/mol. The number of hydroxylamine groups is 1. The lowest BCUT2D eigenvalue weighted by Crippen LogP contribution is -2.23. The van der Waals surface area contributed by atoms with Crippen LogP contribution in [-0.4, -0.2) is 16.8 Å². The molecule has 0 saturated carbocycles. The van der Waals surface area contributed by atoms with Crippen LogP contribution in [0.1, 0.15) is 13.3 Å². The molecule has 1 saturated heterocycles. The fourth-order valence-corrected chi connectivity index (χ4v) is 0.537. The number of amides is 1. The Morgan fingerprint density at radius 3 is 2.75 bits per heavy atom. The fraction of sp³-hybridized carbons (Fsp3) is 0.750. The number of hydrogen-bond donors (Lipinski definition) is 2. The van der Waals surface area contributed by atoms with Crippen molar-refractivity contribution in [3.05, 3.63) is 0 Å². The molecule has 1 aliphatic heterocycles. The van der Waals surface area contributed by atoms with Crippen LogP contribution >= 0.6 is 0 Å². The van der Waals surface area contributed by atoms with Gasteiger partial charge in [-0.25, -0.2) is 10.3 Å². The first-order valence-corrected chi connectivity index (χ1v) is 2.29. The molecule has 4 nitrogen and oxygen atoms in total. The molecule has 0 aromatic heterocycles. The normalized spacial score (nSPS) is 37.5. The SMILES string of the molecule is CC1(O)CC(=O)NO1. The molecular formula is C4H7NO3. The van der Waals surface area contributed by atoms with Gasteiger partial charge in [-0.3, -0.25) is 4.79 Å². The summed E-state index contributed by atoms with van der Waals surface area (Å²) in [6.07, 6.45) is 0.0208. The van der Waals surface area contributed by atoms with E-state index in [0.717, 1.165) is 0 Å². The molecule has 1 atom stereocenters. The summed E-state index contributed by atoms with van der Waals surface area (Å²) in [6.45, 7) is 1.42. The quantitative estimate of drug-likeness (QED) is 0.434. The predicted octanol–water partition coefficient (Wildman–Crippen LogP) is -0.854. The van der Waals surface area contributed by atoms with Gasteiger partial charge in [0.1, 0.15) is 0 Å². The van der Waals surface area contributed by atoms with Crippen LogP contribution in [0.4, 0.5) is 0 Å². The van der Waals surface area contributed by atoms with Gasteiger partial charge in [0, 0.05) is 0 Å². The molecular weight excluding hydrogens is 110 g/mol. The van der Waals surface area contributed by atoms with E-state index in [1.165, 1.54) is 6.92 Å². The van der Waals surface area contributed by atoms with Gasteiger partial charge >= 0.3 is 0 Å².